The van der Waals surface area contributed by atoms with E-state index in [1.54, 1.807) is 0 Å². The Morgan fingerprint density at radius 3 is 2.15 bits per heavy atom. The summed E-state index contributed by atoms with van der Waals surface area (Å²) in [6, 6.07) is 7.77. The summed E-state index contributed by atoms with van der Waals surface area (Å²) < 4.78 is 11.3. The van der Waals surface area contributed by atoms with E-state index in [0.717, 1.165) is 24.2 Å². The van der Waals surface area contributed by atoms with Crippen LogP contribution in [0, 0.1) is 0 Å². The second-order valence-electron chi connectivity index (χ2n) is 8.90. The summed E-state index contributed by atoms with van der Waals surface area (Å²) in [6.07, 6.45) is 2.80. The van der Waals surface area contributed by atoms with Gasteiger partial charge >= 0.3 is 6.09 Å². The molecule has 0 aromatic heterocycles. The molecule has 2 atom stereocenters. The zero-order valence-electron chi connectivity index (χ0n) is 16.5. The molecule has 5 nitrogen and oxygen atoms in total. The van der Waals surface area contributed by atoms with Crippen LogP contribution in [0.1, 0.15) is 65.9 Å². The summed E-state index contributed by atoms with van der Waals surface area (Å²) >= 11 is 0. The monoisotopic (exact) mass is 361 g/mol. The fourth-order valence-corrected chi connectivity index (χ4v) is 4.19. The van der Waals surface area contributed by atoms with Crippen molar-refractivity contribution in [3.63, 3.8) is 0 Å². The number of nitrogens with zero attached hydrogens (tertiary/aromatic N) is 1. The van der Waals surface area contributed by atoms with Gasteiger partial charge < -0.3 is 19.5 Å². The van der Waals surface area contributed by atoms with E-state index >= 15 is 0 Å². The number of aliphatic hydroxyl groups is 1. The number of carbonyl (C=O) groups is 1. The first-order valence-corrected chi connectivity index (χ1v) is 9.58. The lowest BCUT2D eigenvalue weighted by molar-refractivity contribution is -0.0624. The first-order valence-electron chi connectivity index (χ1n) is 9.58. The van der Waals surface area contributed by atoms with Crippen LogP contribution in [0.5, 0.6) is 5.75 Å². The fourth-order valence-electron chi connectivity index (χ4n) is 4.19. The van der Waals surface area contributed by atoms with Gasteiger partial charge in [-0.15, -0.1) is 0 Å². The molecular formula is C21H31NO4. The lowest BCUT2D eigenvalue weighted by Crippen LogP contribution is -2.53. The summed E-state index contributed by atoms with van der Waals surface area (Å²) in [7, 11) is 0. The maximum Gasteiger partial charge on any atom is 0.410 e. The molecule has 0 spiro atoms. The summed E-state index contributed by atoms with van der Waals surface area (Å²) in [4.78, 5) is 14.4. The van der Waals surface area contributed by atoms with Crippen LogP contribution < -0.4 is 4.74 Å². The molecule has 2 unspecified atom stereocenters. The molecule has 144 valence electrons. The number of ether oxygens (including phenoxy) is 2. The predicted octanol–water partition coefficient (Wildman–Crippen LogP) is 4.22. The van der Waals surface area contributed by atoms with Crippen LogP contribution in [0.2, 0.25) is 0 Å². The van der Waals surface area contributed by atoms with Gasteiger partial charge in [-0.3, -0.25) is 0 Å². The lowest BCUT2D eigenvalue weighted by atomic mass is 9.80. The number of piperidine rings is 1. The van der Waals surface area contributed by atoms with Crippen molar-refractivity contribution in [2.45, 2.75) is 89.7 Å². The predicted molar refractivity (Wildman–Crippen MR) is 100 cm³/mol. The summed E-state index contributed by atoms with van der Waals surface area (Å²) in [6.45, 7) is 9.63. The van der Waals surface area contributed by atoms with E-state index in [0.29, 0.717) is 12.8 Å². The Morgan fingerprint density at radius 2 is 1.69 bits per heavy atom. The first-order chi connectivity index (χ1) is 12.1. The Morgan fingerprint density at radius 1 is 1.15 bits per heavy atom. The molecule has 2 aliphatic heterocycles. The SMILES string of the molecule is CC(C)Oc1ccc(C2(O)CC3CCC(C2)N3C(=O)OC(C)(C)C)cc1. The van der Waals surface area contributed by atoms with E-state index in [1.165, 1.54) is 0 Å². The largest absolute Gasteiger partial charge is 0.491 e. The third kappa shape index (κ3) is 3.98. The number of carbonyl (C=O) groups excluding carboxylic acids is 1. The molecule has 1 N–H and O–H groups in total. The zero-order chi connectivity index (χ0) is 19.1. The van der Waals surface area contributed by atoms with Crippen LogP contribution in [0.15, 0.2) is 24.3 Å². The highest BCUT2D eigenvalue weighted by molar-refractivity contribution is 5.69. The summed E-state index contributed by atoms with van der Waals surface area (Å²) in [5, 5.41) is 11.3. The Bertz CT molecular complexity index is 633. The highest BCUT2D eigenvalue weighted by Gasteiger charge is 2.51. The van der Waals surface area contributed by atoms with Crippen molar-refractivity contribution in [3.05, 3.63) is 29.8 Å². The minimum atomic E-state index is -0.902. The lowest BCUT2D eigenvalue weighted by Gasteiger charge is -2.44. The molecule has 0 saturated carbocycles. The van der Waals surface area contributed by atoms with Gasteiger partial charge in [0.15, 0.2) is 0 Å². The van der Waals surface area contributed by atoms with Crippen molar-refractivity contribution in [2.75, 3.05) is 0 Å². The number of hydrogen-bond donors (Lipinski definition) is 1. The highest BCUT2D eigenvalue weighted by atomic mass is 16.6. The molecule has 5 heteroatoms. The number of rotatable bonds is 3. The third-order valence-corrected chi connectivity index (χ3v) is 5.13. The molecule has 26 heavy (non-hydrogen) atoms. The van der Waals surface area contributed by atoms with Gasteiger partial charge in [-0.2, -0.15) is 0 Å². The maximum atomic E-state index is 12.6. The molecule has 1 aromatic rings. The van der Waals surface area contributed by atoms with E-state index in [9.17, 15) is 9.90 Å². The molecule has 2 saturated heterocycles. The van der Waals surface area contributed by atoms with Gasteiger partial charge in [0.25, 0.3) is 0 Å². The van der Waals surface area contributed by atoms with Crippen molar-refractivity contribution in [1.29, 1.82) is 0 Å². The number of amides is 1. The van der Waals surface area contributed by atoms with Crippen LogP contribution in [0.3, 0.4) is 0 Å². The van der Waals surface area contributed by atoms with Crippen LogP contribution >= 0.6 is 0 Å². The highest BCUT2D eigenvalue weighted by Crippen LogP contribution is 2.46. The average Bonchev–Trinajstić information content (AvgIpc) is 2.78. The second-order valence-corrected chi connectivity index (χ2v) is 8.90. The van der Waals surface area contributed by atoms with E-state index in [1.807, 2.05) is 63.8 Å². The maximum absolute atomic E-state index is 12.6. The van der Waals surface area contributed by atoms with Crippen LogP contribution in [-0.4, -0.2) is 39.9 Å². The van der Waals surface area contributed by atoms with E-state index in [2.05, 4.69) is 0 Å². The van der Waals surface area contributed by atoms with Crippen molar-refractivity contribution >= 4 is 6.09 Å². The normalized spacial score (nSPS) is 28.3. The van der Waals surface area contributed by atoms with Gasteiger partial charge in [-0.1, -0.05) is 12.1 Å². The summed E-state index contributed by atoms with van der Waals surface area (Å²) in [5.74, 6) is 0.807. The Kier molecular flexibility index (Phi) is 4.95. The molecule has 2 fully saturated rings. The van der Waals surface area contributed by atoms with E-state index < -0.39 is 11.2 Å². The molecule has 2 bridgehead atoms. The molecule has 2 aliphatic rings. The van der Waals surface area contributed by atoms with Crippen LogP contribution in [0.25, 0.3) is 0 Å². The Balaban J connectivity index is 1.74. The summed E-state index contributed by atoms with van der Waals surface area (Å²) in [5.41, 5.74) is -0.508. The van der Waals surface area contributed by atoms with Gasteiger partial charge in [0, 0.05) is 24.9 Å². The molecule has 0 aliphatic carbocycles. The van der Waals surface area contributed by atoms with Crippen LogP contribution in [0.4, 0.5) is 4.79 Å². The molecule has 1 amide bonds. The molecular weight excluding hydrogens is 330 g/mol. The molecule has 2 heterocycles. The minimum absolute atomic E-state index is 0.0280. The van der Waals surface area contributed by atoms with Gasteiger partial charge in [0.1, 0.15) is 11.4 Å². The van der Waals surface area contributed by atoms with Crippen molar-refractivity contribution < 1.29 is 19.4 Å². The third-order valence-electron chi connectivity index (χ3n) is 5.13. The van der Waals surface area contributed by atoms with Crippen molar-refractivity contribution in [3.8, 4) is 5.75 Å². The molecule has 1 aromatic carbocycles. The van der Waals surface area contributed by atoms with Crippen LogP contribution in [-0.2, 0) is 10.3 Å². The molecule has 3 rings (SSSR count). The number of benzene rings is 1. The standard InChI is InChI=1S/C21H31NO4/c1-14(2)25-18-10-6-15(7-11-18)21(24)12-16-8-9-17(13-21)22(16)19(23)26-20(3,4)5/h6-7,10-11,14,16-17,24H,8-9,12-13H2,1-5H3. The quantitative estimate of drug-likeness (QED) is 0.875. The second kappa shape index (κ2) is 6.76. The van der Waals surface area contributed by atoms with E-state index in [-0.39, 0.29) is 24.3 Å². The Hall–Kier alpha value is -1.75. The number of fused-ring (bicyclic) bond motifs is 2. The minimum Gasteiger partial charge on any atom is -0.491 e. The smallest absolute Gasteiger partial charge is 0.410 e. The van der Waals surface area contributed by atoms with Crippen molar-refractivity contribution in [2.24, 2.45) is 0 Å². The van der Waals surface area contributed by atoms with Gasteiger partial charge in [-0.25, -0.2) is 4.79 Å². The first kappa shape index (κ1) is 19.0. The fraction of sp³-hybridized carbons (Fsp3) is 0.667. The van der Waals surface area contributed by atoms with Gasteiger partial charge in [0.2, 0.25) is 0 Å². The van der Waals surface area contributed by atoms with Gasteiger partial charge in [-0.05, 0) is 65.2 Å². The van der Waals surface area contributed by atoms with E-state index in [4.69, 9.17) is 9.47 Å². The Labute approximate surface area is 156 Å². The molecule has 0 radical (unpaired) electrons. The van der Waals surface area contributed by atoms with Gasteiger partial charge in [0.05, 0.1) is 11.7 Å². The zero-order valence-corrected chi connectivity index (χ0v) is 16.5. The van der Waals surface area contributed by atoms with Crippen molar-refractivity contribution in [1.82, 2.24) is 4.90 Å². The topological polar surface area (TPSA) is 59.0 Å². The average molecular weight is 361 g/mol. The number of hydrogen-bond acceptors (Lipinski definition) is 4.